The van der Waals surface area contributed by atoms with E-state index in [0.29, 0.717) is 11.6 Å². The van der Waals surface area contributed by atoms with Crippen LogP contribution in [-0.2, 0) is 6.42 Å². The van der Waals surface area contributed by atoms with Crippen molar-refractivity contribution in [1.29, 1.82) is 0 Å². The number of fused-ring (bicyclic) bond motifs is 1. The number of nitrogens with one attached hydrogen (secondary N) is 1. The summed E-state index contributed by atoms with van der Waals surface area (Å²) in [4.78, 5) is 11.9. The molecule has 1 aliphatic rings. The predicted molar refractivity (Wildman–Crippen MR) is 73.2 cm³/mol. The lowest BCUT2D eigenvalue weighted by molar-refractivity contribution is 0.0924. The van der Waals surface area contributed by atoms with Crippen LogP contribution in [0.1, 0.15) is 15.9 Å². The van der Waals surface area contributed by atoms with E-state index in [-0.39, 0.29) is 18.7 Å². The normalized spacial score (nSPS) is 15.9. The molecule has 120 valence electrons. The lowest BCUT2D eigenvalue weighted by atomic mass is 10.1. The first kappa shape index (κ1) is 15.3. The van der Waals surface area contributed by atoms with Crippen molar-refractivity contribution in [2.24, 2.45) is 0 Å². The fraction of sp³-hybridized carbons (Fsp3) is 0.188. The quantitative estimate of drug-likeness (QED) is 0.881. The van der Waals surface area contributed by atoms with E-state index >= 15 is 0 Å². The van der Waals surface area contributed by atoms with Crippen LogP contribution >= 0.6 is 0 Å². The van der Waals surface area contributed by atoms with Crippen LogP contribution in [0.25, 0.3) is 0 Å². The predicted octanol–water partition coefficient (Wildman–Crippen LogP) is 2.98. The van der Waals surface area contributed by atoms with Crippen LogP contribution < -0.4 is 10.1 Å². The van der Waals surface area contributed by atoms with Crippen LogP contribution in [0.3, 0.4) is 0 Å². The van der Waals surface area contributed by atoms with E-state index in [1.807, 2.05) is 0 Å². The second-order valence-corrected chi connectivity index (χ2v) is 5.13. The van der Waals surface area contributed by atoms with Gasteiger partial charge in [0.05, 0.1) is 6.54 Å². The van der Waals surface area contributed by atoms with Gasteiger partial charge in [0.25, 0.3) is 5.91 Å². The first-order chi connectivity index (χ1) is 11.0. The number of amides is 1. The third-order valence-corrected chi connectivity index (χ3v) is 3.50. The molecule has 23 heavy (non-hydrogen) atoms. The van der Waals surface area contributed by atoms with Gasteiger partial charge in [-0.25, -0.2) is 17.6 Å². The minimum absolute atomic E-state index is 0.0669. The van der Waals surface area contributed by atoms with Crippen molar-refractivity contribution in [2.45, 2.75) is 12.5 Å². The molecule has 0 radical (unpaired) electrons. The van der Waals surface area contributed by atoms with E-state index < -0.39 is 40.8 Å². The molecule has 2 aromatic rings. The lowest BCUT2D eigenvalue weighted by Crippen LogP contribution is -2.35. The lowest BCUT2D eigenvalue weighted by Gasteiger charge is -2.12. The number of hydrogen-bond acceptors (Lipinski definition) is 2. The fourth-order valence-corrected chi connectivity index (χ4v) is 2.47. The van der Waals surface area contributed by atoms with Gasteiger partial charge in [-0.1, -0.05) is 6.07 Å². The highest BCUT2D eigenvalue weighted by molar-refractivity contribution is 5.94. The summed E-state index contributed by atoms with van der Waals surface area (Å²) >= 11 is 0. The minimum Gasteiger partial charge on any atom is -0.485 e. The minimum atomic E-state index is -0.980. The molecule has 0 fully saturated rings. The Morgan fingerprint density at radius 3 is 2.52 bits per heavy atom. The smallest absolute Gasteiger partial charge is 0.257 e. The molecule has 1 heterocycles. The molecule has 1 atom stereocenters. The number of carbonyl (C=O) groups is 1. The number of ether oxygens (including phenoxy) is 1. The summed E-state index contributed by atoms with van der Waals surface area (Å²) < 4.78 is 58.9. The molecule has 1 amide bonds. The van der Waals surface area contributed by atoms with Gasteiger partial charge in [-0.05, 0) is 18.2 Å². The first-order valence-electron chi connectivity index (χ1n) is 6.82. The van der Waals surface area contributed by atoms with Gasteiger partial charge < -0.3 is 10.1 Å². The van der Waals surface area contributed by atoms with Crippen LogP contribution in [-0.4, -0.2) is 18.6 Å². The molecule has 1 aliphatic heterocycles. The van der Waals surface area contributed by atoms with Gasteiger partial charge in [-0.2, -0.15) is 0 Å². The van der Waals surface area contributed by atoms with E-state index in [1.54, 1.807) is 0 Å². The van der Waals surface area contributed by atoms with Crippen molar-refractivity contribution in [2.75, 3.05) is 6.54 Å². The van der Waals surface area contributed by atoms with Crippen LogP contribution in [0.15, 0.2) is 30.3 Å². The maximum Gasteiger partial charge on any atom is 0.257 e. The maximum atomic E-state index is 13.5. The molecule has 1 N–H and O–H groups in total. The summed E-state index contributed by atoms with van der Waals surface area (Å²) in [7, 11) is 0. The third kappa shape index (κ3) is 2.99. The van der Waals surface area contributed by atoms with Crippen molar-refractivity contribution < 1.29 is 27.1 Å². The Hall–Kier alpha value is -2.57. The van der Waals surface area contributed by atoms with E-state index in [2.05, 4.69) is 5.32 Å². The number of rotatable bonds is 3. The van der Waals surface area contributed by atoms with Crippen molar-refractivity contribution >= 4 is 5.91 Å². The molecule has 0 saturated carbocycles. The van der Waals surface area contributed by atoms with E-state index in [0.717, 1.165) is 24.3 Å². The van der Waals surface area contributed by atoms with Gasteiger partial charge in [-0.15, -0.1) is 0 Å². The van der Waals surface area contributed by atoms with Gasteiger partial charge in [0, 0.05) is 18.1 Å². The van der Waals surface area contributed by atoms with Crippen LogP contribution in [0.2, 0.25) is 0 Å². The highest BCUT2D eigenvalue weighted by Crippen LogP contribution is 2.32. The molecule has 0 saturated heterocycles. The summed E-state index contributed by atoms with van der Waals surface area (Å²) in [5, 5.41) is 2.33. The zero-order valence-corrected chi connectivity index (χ0v) is 11.7. The van der Waals surface area contributed by atoms with Crippen LogP contribution in [0.4, 0.5) is 17.6 Å². The molecule has 1 unspecified atom stereocenters. The van der Waals surface area contributed by atoms with Crippen molar-refractivity contribution in [3.8, 4) is 5.75 Å². The Labute approximate surface area is 128 Å². The summed E-state index contributed by atoms with van der Waals surface area (Å²) in [6, 6.07) is 4.94. The van der Waals surface area contributed by atoms with E-state index in [1.165, 1.54) is 0 Å². The largest absolute Gasteiger partial charge is 0.485 e. The van der Waals surface area contributed by atoms with E-state index in [4.69, 9.17) is 4.74 Å². The van der Waals surface area contributed by atoms with Gasteiger partial charge in [0.2, 0.25) is 0 Å². The van der Waals surface area contributed by atoms with Crippen LogP contribution in [0.5, 0.6) is 5.75 Å². The molecule has 0 aliphatic carbocycles. The number of hydrogen-bond donors (Lipinski definition) is 1. The molecule has 2 aromatic carbocycles. The highest BCUT2D eigenvalue weighted by atomic mass is 19.1. The van der Waals surface area contributed by atoms with Crippen molar-refractivity contribution in [3.05, 3.63) is 64.7 Å². The Morgan fingerprint density at radius 2 is 1.83 bits per heavy atom. The molecule has 0 aromatic heterocycles. The van der Waals surface area contributed by atoms with Gasteiger partial charge in [0.1, 0.15) is 29.1 Å². The average molecular weight is 325 g/mol. The Kier molecular flexibility index (Phi) is 3.94. The van der Waals surface area contributed by atoms with Crippen molar-refractivity contribution in [3.63, 3.8) is 0 Å². The third-order valence-electron chi connectivity index (χ3n) is 3.50. The average Bonchev–Trinajstić information content (AvgIpc) is 2.88. The van der Waals surface area contributed by atoms with Crippen molar-refractivity contribution in [1.82, 2.24) is 5.32 Å². The molecule has 0 bridgehead atoms. The molecule has 0 spiro atoms. The number of carbonyl (C=O) groups excluding carboxylic acids is 1. The number of benzene rings is 2. The zero-order valence-electron chi connectivity index (χ0n) is 11.7. The molecular weight excluding hydrogens is 314 g/mol. The van der Waals surface area contributed by atoms with Gasteiger partial charge >= 0.3 is 0 Å². The maximum absolute atomic E-state index is 13.5. The number of halogens is 4. The Morgan fingerprint density at radius 1 is 1.13 bits per heavy atom. The summed E-state index contributed by atoms with van der Waals surface area (Å²) in [6.45, 7) is -0.0949. The second-order valence-electron chi connectivity index (χ2n) is 5.13. The first-order valence-corrected chi connectivity index (χ1v) is 6.82. The van der Waals surface area contributed by atoms with Crippen LogP contribution in [0, 0.1) is 23.3 Å². The zero-order chi connectivity index (χ0) is 16.6. The van der Waals surface area contributed by atoms with E-state index in [9.17, 15) is 22.4 Å². The summed E-state index contributed by atoms with van der Waals surface area (Å²) in [5.74, 6) is -4.51. The monoisotopic (exact) mass is 325 g/mol. The highest BCUT2D eigenvalue weighted by Gasteiger charge is 2.27. The molecule has 3 rings (SSSR count). The summed E-state index contributed by atoms with van der Waals surface area (Å²) in [5.41, 5.74) is -0.348. The fourth-order valence-electron chi connectivity index (χ4n) is 2.47. The van der Waals surface area contributed by atoms with Gasteiger partial charge in [0.15, 0.2) is 11.6 Å². The molecular formula is C16H11F4NO2. The Bertz CT molecular complexity index is 759. The topological polar surface area (TPSA) is 38.3 Å². The van der Waals surface area contributed by atoms with Gasteiger partial charge in [-0.3, -0.25) is 4.79 Å². The second kappa shape index (κ2) is 5.91. The summed E-state index contributed by atoms with van der Waals surface area (Å²) in [6.07, 6.45) is -0.454. The Balaban J connectivity index is 1.67. The standard InChI is InChI=1S/C16H11F4NO2/c17-9-4-8-5-10(23-15(8)13(20)6-9)7-21-16(22)14-11(18)2-1-3-12(14)19/h1-4,6,10H,5,7H2,(H,21,22). The molecule has 3 nitrogen and oxygen atoms in total. The SMILES string of the molecule is O=C(NCC1Cc2cc(F)cc(F)c2O1)c1c(F)cccc1F. The molecule has 7 heteroatoms.